The van der Waals surface area contributed by atoms with E-state index >= 15 is 0 Å². The zero-order valence-electron chi connectivity index (χ0n) is 23.7. The Bertz CT molecular complexity index is 1640. The molecule has 2 aromatic heterocycles. The number of esters is 2. The number of ether oxygens (including phenoxy) is 3. The van der Waals surface area contributed by atoms with Gasteiger partial charge < -0.3 is 18.6 Å². The van der Waals surface area contributed by atoms with Crippen molar-refractivity contribution < 1.29 is 33.0 Å². The maximum Gasteiger partial charge on any atom is 0.351 e. The van der Waals surface area contributed by atoms with Crippen molar-refractivity contribution in [2.24, 2.45) is 11.8 Å². The largest absolute Gasteiger partial charge is 0.482 e. The first-order valence-electron chi connectivity index (χ1n) is 13.7. The molecule has 1 aromatic carbocycles. The predicted molar refractivity (Wildman–Crippen MR) is 149 cm³/mol. The lowest BCUT2D eigenvalue weighted by Crippen LogP contribution is -2.63. The van der Waals surface area contributed by atoms with Gasteiger partial charge in [0, 0.05) is 36.9 Å². The quantitative estimate of drug-likeness (QED) is 0.375. The molecule has 3 aromatic rings. The molecule has 42 heavy (non-hydrogen) atoms. The van der Waals surface area contributed by atoms with E-state index in [1.807, 2.05) is 13.0 Å². The van der Waals surface area contributed by atoms with Crippen molar-refractivity contribution >= 4 is 17.7 Å². The second-order valence-electron chi connectivity index (χ2n) is 11.1. The summed E-state index contributed by atoms with van der Waals surface area (Å²) in [6.07, 6.45) is 3.04. The molecule has 5 atom stereocenters. The molecule has 216 valence electrons. The summed E-state index contributed by atoms with van der Waals surface area (Å²) in [5.41, 5.74) is -2.25. The number of nitriles is 1. The second kappa shape index (κ2) is 10.9. The maximum atomic E-state index is 14.0. The number of aromatic nitrogens is 1. The minimum absolute atomic E-state index is 0.0324. The molecule has 0 N–H and O–H groups in total. The van der Waals surface area contributed by atoms with Crippen LogP contribution >= 0.6 is 0 Å². The average molecular weight is 571 g/mol. The van der Waals surface area contributed by atoms with Gasteiger partial charge in [-0.15, -0.1) is 0 Å². The fourth-order valence-corrected chi connectivity index (χ4v) is 5.99. The van der Waals surface area contributed by atoms with Gasteiger partial charge in [-0.05, 0) is 69.5 Å². The molecule has 1 fully saturated rings. The Morgan fingerprint density at radius 2 is 1.93 bits per heavy atom. The van der Waals surface area contributed by atoms with E-state index in [4.69, 9.17) is 23.9 Å². The van der Waals surface area contributed by atoms with Crippen molar-refractivity contribution in [2.75, 3.05) is 0 Å². The summed E-state index contributed by atoms with van der Waals surface area (Å²) < 4.78 is 23.8. The third-order valence-electron chi connectivity index (χ3n) is 8.55. The van der Waals surface area contributed by atoms with Gasteiger partial charge in [-0.1, -0.05) is 6.92 Å². The van der Waals surface area contributed by atoms with E-state index in [-0.39, 0.29) is 35.5 Å². The van der Waals surface area contributed by atoms with Crippen LogP contribution in [0, 0.1) is 23.2 Å². The highest BCUT2D eigenvalue weighted by Crippen LogP contribution is 2.51. The molecule has 5 rings (SSSR count). The predicted octanol–water partition coefficient (Wildman–Crippen LogP) is 4.89. The first-order chi connectivity index (χ1) is 20.0. The summed E-state index contributed by atoms with van der Waals surface area (Å²) in [6.45, 7) is 6.67. The number of hydrogen-bond acceptors (Lipinski definition) is 10. The Kier molecular flexibility index (Phi) is 7.45. The van der Waals surface area contributed by atoms with E-state index < -0.39 is 52.5 Å². The maximum absolute atomic E-state index is 14.0. The van der Waals surface area contributed by atoms with E-state index in [9.17, 15) is 19.2 Å². The molecule has 2 unspecified atom stereocenters. The normalized spacial score (nSPS) is 24.2. The van der Waals surface area contributed by atoms with Crippen molar-refractivity contribution in [3.8, 4) is 23.1 Å². The minimum Gasteiger partial charge on any atom is -0.482 e. The lowest BCUT2D eigenvalue weighted by Gasteiger charge is -2.52. The van der Waals surface area contributed by atoms with Crippen LogP contribution in [0.3, 0.4) is 0 Å². The zero-order valence-corrected chi connectivity index (χ0v) is 23.7. The summed E-state index contributed by atoms with van der Waals surface area (Å²) in [6, 6.07) is 12.9. The van der Waals surface area contributed by atoms with Crippen molar-refractivity contribution in [3.05, 3.63) is 82.0 Å². The molecule has 1 aliphatic heterocycles. The molecular weight excluding hydrogens is 540 g/mol. The molecule has 2 aliphatic rings. The number of carbonyl (C=O) groups excluding carboxylic acids is 3. The highest BCUT2D eigenvalue weighted by molar-refractivity contribution is 6.02. The molecule has 1 aliphatic carbocycles. The van der Waals surface area contributed by atoms with Gasteiger partial charge in [-0.3, -0.25) is 14.6 Å². The molecule has 10 nitrogen and oxygen atoms in total. The summed E-state index contributed by atoms with van der Waals surface area (Å²) >= 11 is 0. The fraction of sp³-hybridized carbons (Fsp3) is 0.375. The molecule has 10 heteroatoms. The van der Waals surface area contributed by atoms with Gasteiger partial charge >= 0.3 is 17.6 Å². The van der Waals surface area contributed by atoms with Gasteiger partial charge in [0.25, 0.3) is 0 Å². The van der Waals surface area contributed by atoms with E-state index in [2.05, 4.69) is 4.98 Å². The molecule has 1 saturated carbocycles. The lowest BCUT2D eigenvalue weighted by atomic mass is 9.62. The van der Waals surface area contributed by atoms with Crippen LogP contribution < -0.4 is 10.4 Å². The average Bonchev–Trinajstić information content (AvgIpc) is 2.97. The molecule has 0 amide bonds. The highest BCUT2D eigenvalue weighted by Gasteiger charge is 2.60. The van der Waals surface area contributed by atoms with E-state index in [0.717, 1.165) is 0 Å². The highest BCUT2D eigenvalue weighted by atomic mass is 16.6. The number of benzene rings is 1. The number of fused-ring (bicyclic) bond motifs is 2. The van der Waals surface area contributed by atoms with Crippen LogP contribution in [0.5, 0.6) is 5.75 Å². The van der Waals surface area contributed by atoms with Crippen molar-refractivity contribution in [1.29, 1.82) is 5.26 Å². The van der Waals surface area contributed by atoms with Gasteiger partial charge in [-0.25, -0.2) is 9.59 Å². The van der Waals surface area contributed by atoms with Crippen molar-refractivity contribution in [1.82, 2.24) is 4.98 Å². The van der Waals surface area contributed by atoms with E-state index in [1.54, 1.807) is 32.2 Å². The zero-order chi connectivity index (χ0) is 30.2. The number of carbonyl (C=O) groups is 3. The fourth-order valence-electron chi connectivity index (χ4n) is 5.99. The first kappa shape index (κ1) is 28.7. The second-order valence-corrected chi connectivity index (χ2v) is 11.1. The van der Waals surface area contributed by atoms with Crippen LogP contribution in [-0.4, -0.2) is 40.0 Å². The number of hydrogen-bond donors (Lipinski definition) is 0. The van der Waals surface area contributed by atoms with Gasteiger partial charge in [0.2, 0.25) is 0 Å². The summed E-state index contributed by atoms with van der Waals surface area (Å²) in [4.78, 5) is 56.7. The Labute approximate surface area is 242 Å². The summed E-state index contributed by atoms with van der Waals surface area (Å²) in [5.74, 6) is -2.73. The number of ketones is 1. The van der Waals surface area contributed by atoms with Crippen LogP contribution in [0.1, 0.15) is 73.2 Å². The Morgan fingerprint density at radius 1 is 1.19 bits per heavy atom. The number of Topliss-reactive ketones (excluding diaryl/α,β-unsaturated/α-hetero) is 1. The van der Waals surface area contributed by atoms with Crippen LogP contribution in [0.25, 0.3) is 11.3 Å². The molecule has 0 bridgehead atoms. The summed E-state index contributed by atoms with van der Waals surface area (Å²) in [7, 11) is 0. The number of nitrogens with zero attached hydrogens (tertiary/aromatic N) is 2. The third-order valence-corrected chi connectivity index (χ3v) is 8.55. The third kappa shape index (κ3) is 5.07. The van der Waals surface area contributed by atoms with Crippen LogP contribution in [-0.2, 0) is 14.3 Å². The first-order valence-corrected chi connectivity index (χ1v) is 13.7. The lowest BCUT2D eigenvalue weighted by molar-refractivity contribution is -0.177. The molecular formula is C32H30N2O8. The molecule has 0 radical (unpaired) electrons. The smallest absolute Gasteiger partial charge is 0.351 e. The SMILES string of the molecule is CCC(C)(OC(C)=O)[C@H]1CC2C(=O)c3c(cc(-c4cccnc4)oc3=O)O[C@]2(C)[C@@H](OC(=O)c2ccc(C#N)cc2)C1. The Balaban J connectivity index is 1.58. The Morgan fingerprint density at radius 3 is 2.55 bits per heavy atom. The summed E-state index contributed by atoms with van der Waals surface area (Å²) in [5, 5.41) is 9.12. The monoisotopic (exact) mass is 570 g/mol. The standard InChI is InChI=1S/C32H30N2O8/c1-5-31(3,41-18(2)35)22-13-23-28(36)27-25(15-24(39-30(27)38)21-7-6-12-34-17-21)42-32(23,4)26(14-22)40-29(37)20-10-8-19(16-33)9-11-20/h6-12,15,17,22-23,26H,5,13-14H2,1-4H3/t22-,23?,26-,31?,32-/m0/s1. The molecule has 0 spiro atoms. The van der Waals surface area contributed by atoms with E-state index in [0.29, 0.717) is 17.5 Å². The van der Waals surface area contributed by atoms with Gasteiger partial charge in [0.1, 0.15) is 28.8 Å². The number of rotatable bonds is 6. The van der Waals surface area contributed by atoms with Crippen LogP contribution in [0.15, 0.2) is 64.1 Å². The number of pyridine rings is 1. The molecule has 0 saturated heterocycles. The van der Waals surface area contributed by atoms with Gasteiger partial charge in [0.15, 0.2) is 11.4 Å². The molecule has 3 heterocycles. The van der Waals surface area contributed by atoms with E-state index in [1.165, 1.54) is 43.5 Å². The van der Waals surface area contributed by atoms with Gasteiger partial charge in [-0.2, -0.15) is 5.26 Å². The van der Waals surface area contributed by atoms with Crippen LogP contribution in [0.2, 0.25) is 0 Å². The van der Waals surface area contributed by atoms with Crippen molar-refractivity contribution in [3.63, 3.8) is 0 Å². The van der Waals surface area contributed by atoms with Crippen LogP contribution in [0.4, 0.5) is 0 Å². The minimum atomic E-state index is -1.35. The topological polar surface area (TPSA) is 146 Å². The Hall–Kier alpha value is -4.78. The van der Waals surface area contributed by atoms with Crippen molar-refractivity contribution in [2.45, 2.75) is 64.3 Å². The van der Waals surface area contributed by atoms with Gasteiger partial charge in [0.05, 0.1) is 23.1 Å².